The SMILES string of the molecule is c1ccc(CCN2CCCNC3(CCCCC3)C2)nc1. The number of rotatable bonds is 3. The van der Waals surface area contributed by atoms with Gasteiger partial charge in [0, 0.05) is 36.9 Å². The number of hydrogen-bond acceptors (Lipinski definition) is 3. The molecule has 3 rings (SSSR count). The van der Waals surface area contributed by atoms with Crippen LogP contribution in [0, 0.1) is 0 Å². The van der Waals surface area contributed by atoms with E-state index in [1.165, 1.54) is 63.9 Å². The van der Waals surface area contributed by atoms with E-state index in [0.29, 0.717) is 5.54 Å². The van der Waals surface area contributed by atoms with Crippen LogP contribution in [-0.4, -0.2) is 41.6 Å². The highest BCUT2D eigenvalue weighted by molar-refractivity contribution is 5.04. The van der Waals surface area contributed by atoms with Crippen molar-refractivity contribution in [1.29, 1.82) is 0 Å². The summed E-state index contributed by atoms with van der Waals surface area (Å²) in [7, 11) is 0. The lowest BCUT2D eigenvalue weighted by Crippen LogP contribution is -2.52. The molecule has 0 atom stereocenters. The molecule has 1 N–H and O–H groups in total. The van der Waals surface area contributed by atoms with Crippen molar-refractivity contribution in [2.45, 2.75) is 50.5 Å². The van der Waals surface area contributed by atoms with Gasteiger partial charge in [0.15, 0.2) is 0 Å². The standard InChI is InChI=1S/C17H27N3/c1-3-9-17(10-4-1)15-20(13-6-12-19-17)14-8-16-7-2-5-11-18-16/h2,5,7,11,19H,1,3-4,6,8-10,12-15H2. The lowest BCUT2D eigenvalue weighted by atomic mass is 9.81. The zero-order valence-corrected chi connectivity index (χ0v) is 12.5. The minimum Gasteiger partial charge on any atom is -0.310 e. The highest BCUT2D eigenvalue weighted by atomic mass is 15.2. The van der Waals surface area contributed by atoms with Crippen molar-refractivity contribution in [3.05, 3.63) is 30.1 Å². The molecule has 2 fully saturated rings. The van der Waals surface area contributed by atoms with E-state index in [1.807, 2.05) is 12.3 Å². The van der Waals surface area contributed by atoms with E-state index >= 15 is 0 Å². The number of pyridine rings is 1. The third-order valence-electron chi connectivity index (χ3n) is 4.90. The minimum absolute atomic E-state index is 0.416. The third kappa shape index (κ3) is 3.58. The lowest BCUT2D eigenvalue weighted by molar-refractivity contribution is 0.165. The molecule has 0 aromatic carbocycles. The molecule has 0 unspecified atom stereocenters. The van der Waals surface area contributed by atoms with Crippen LogP contribution in [0.1, 0.15) is 44.2 Å². The molecule has 2 heterocycles. The summed E-state index contributed by atoms with van der Waals surface area (Å²) in [6.45, 7) is 4.82. The molecule has 3 nitrogen and oxygen atoms in total. The monoisotopic (exact) mass is 273 g/mol. The summed E-state index contributed by atoms with van der Waals surface area (Å²) in [6.07, 6.45) is 11.2. The minimum atomic E-state index is 0.416. The van der Waals surface area contributed by atoms with Gasteiger partial charge in [-0.1, -0.05) is 25.3 Å². The molecule has 1 spiro atoms. The largest absolute Gasteiger partial charge is 0.310 e. The van der Waals surface area contributed by atoms with Crippen molar-refractivity contribution in [2.24, 2.45) is 0 Å². The van der Waals surface area contributed by atoms with Crippen LogP contribution >= 0.6 is 0 Å². The van der Waals surface area contributed by atoms with Crippen molar-refractivity contribution < 1.29 is 0 Å². The molecular formula is C17H27N3. The van der Waals surface area contributed by atoms with Crippen molar-refractivity contribution >= 4 is 0 Å². The second-order valence-corrected chi connectivity index (χ2v) is 6.47. The number of hydrogen-bond donors (Lipinski definition) is 1. The topological polar surface area (TPSA) is 28.2 Å². The Balaban J connectivity index is 1.58. The third-order valence-corrected chi connectivity index (χ3v) is 4.90. The van der Waals surface area contributed by atoms with Gasteiger partial charge < -0.3 is 10.2 Å². The van der Waals surface area contributed by atoms with Gasteiger partial charge in [-0.15, -0.1) is 0 Å². The summed E-state index contributed by atoms with van der Waals surface area (Å²) >= 11 is 0. The van der Waals surface area contributed by atoms with E-state index in [4.69, 9.17) is 0 Å². The van der Waals surface area contributed by atoms with Gasteiger partial charge in [0.2, 0.25) is 0 Å². The van der Waals surface area contributed by atoms with E-state index in [2.05, 4.69) is 27.3 Å². The van der Waals surface area contributed by atoms with Crippen LogP contribution in [0.15, 0.2) is 24.4 Å². The molecule has 1 saturated carbocycles. The van der Waals surface area contributed by atoms with Crippen molar-refractivity contribution in [3.8, 4) is 0 Å². The molecule has 0 bridgehead atoms. The quantitative estimate of drug-likeness (QED) is 0.917. The average Bonchev–Trinajstić information content (AvgIpc) is 2.70. The first-order valence-corrected chi connectivity index (χ1v) is 8.24. The molecule has 1 aliphatic heterocycles. The highest BCUT2D eigenvalue weighted by Gasteiger charge is 2.34. The first kappa shape index (κ1) is 14.0. The van der Waals surface area contributed by atoms with Crippen LogP contribution in [0.5, 0.6) is 0 Å². The summed E-state index contributed by atoms with van der Waals surface area (Å²) < 4.78 is 0. The van der Waals surface area contributed by atoms with E-state index < -0.39 is 0 Å². The predicted octanol–water partition coefficient (Wildman–Crippen LogP) is 2.62. The van der Waals surface area contributed by atoms with Crippen LogP contribution < -0.4 is 5.32 Å². The Morgan fingerprint density at radius 2 is 2.05 bits per heavy atom. The lowest BCUT2D eigenvalue weighted by Gasteiger charge is -2.40. The molecule has 1 aromatic rings. The first-order chi connectivity index (χ1) is 9.86. The molecule has 1 saturated heterocycles. The van der Waals surface area contributed by atoms with Crippen LogP contribution in [-0.2, 0) is 6.42 Å². The summed E-state index contributed by atoms with van der Waals surface area (Å²) in [5.41, 5.74) is 1.64. The van der Waals surface area contributed by atoms with Crippen molar-refractivity contribution in [2.75, 3.05) is 26.2 Å². The van der Waals surface area contributed by atoms with Crippen molar-refractivity contribution in [3.63, 3.8) is 0 Å². The van der Waals surface area contributed by atoms with E-state index in [9.17, 15) is 0 Å². The Bertz CT molecular complexity index is 398. The fourth-order valence-electron chi connectivity index (χ4n) is 3.79. The molecule has 2 aliphatic rings. The Hall–Kier alpha value is -0.930. The van der Waals surface area contributed by atoms with E-state index in [0.717, 1.165) is 13.0 Å². The van der Waals surface area contributed by atoms with Gasteiger partial charge in [0.1, 0.15) is 0 Å². The molecule has 0 radical (unpaired) electrons. The highest BCUT2D eigenvalue weighted by Crippen LogP contribution is 2.30. The Labute approximate surface area is 122 Å². The van der Waals surface area contributed by atoms with Gasteiger partial charge in [0.25, 0.3) is 0 Å². The van der Waals surface area contributed by atoms with E-state index in [1.54, 1.807) is 0 Å². The van der Waals surface area contributed by atoms with E-state index in [-0.39, 0.29) is 0 Å². The zero-order chi connectivity index (χ0) is 13.7. The zero-order valence-electron chi connectivity index (χ0n) is 12.5. The first-order valence-electron chi connectivity index (χ1n) is 8.24. The molecule has 0 amide bonds. The van der Waals surface area contributed by atoms with Gasteiger partial charge >= 0.3 is 0 Å². The number of nitrogens with zero attached hydrogens (tertiary/aromatic N) is 2. The van der Waals surface area contributed by atoms with Crippen LogP contribution in [0.2, 0.25) is 0 Å². The van der Waals surface area contributed by atoms with Gasteiger partial charge in [-0.25, -0.2) is 0 Å². The van der Waals surface area contributed by atoms with Gasteiger partial charge in [-0.2, -0.15) is 0 Å². The molecule has 3 heteroatoms. The molecular weight excluding hydrogens is 246 g/mol. The predicted molar refractivity (Wildman–Crippen MR) is 82.8 cm³/mol. The summed E-state index contributed by atoms with van der Waals surface area (Å²) in [5, 5.41) is 3.87. The molecule has 1 aromatic heterocycles. The maximum Gasteiger partial charge on any atom is 0.0416 e. The number of aromatic nitrogens is 1. The number of nitrogens with one attached hydrogen (secondary N) is 1. The van der Waals surface area contributed by atoms with Crippen molar-refractivity contribution in [1.82, 2.24) is 15.2 Å². The van der Waals surface area contributed by atoms with Crippen LogP contribution in [0.25, 0.3) is 0 Å². The fraction of sp³-hybridized carbons (Fsp3) is 0.706. The second-order valence-electron chi connectivity index (χ2n) is 6.47. The summed E-state index contributed by atoms with van der Waals surface area (Å²) in [4.78, 5) is 7.11. The maximum atomic E-state index is 4.45. The smallest absolute Gasteiger partial charge is 0.0416 e. The molecule has 110 valence electrons. The molecule has 1 aliphatic carbocycles. The Kier molecular flexibility index (Phi) is 4.69. The summed E-state index contributed by atoms with van der Waals surface area (Å²) in [6, 6.07) is 6.23. The van der Waals surface area contributed by atoms with Crippen LogP contribution in [0.4, 0.5) is 0 Å². The fourth-order valence-corrected chi connectivity index (χ4v) is 3.79. The van der Waals surface area contributed by atoms with Gasteiger partial charge in [-0.05, 0) is 44.5 Å². The maximum absolute atomic E-state index is 4.45. The molecule has 20 heavy (non-hydrogen) atoms. The summed E-state index contributed by atoms with van der Waals surface area (Å²) in [5.74, 6) is 0. The average molecular weight is 273 g/mol. The Morgan fingerprint density at radius 1 is 1.15 bits per heavy atom. The normalized spacial score (nSPS) is 23.6. The second kappa shape index (κ2) is 6.68. The van der Waals surface area contributed by atoms with Crippen LogP contribution in [0.3, 0.4) is 0 Å². The van der Waals surface area contributed by atoms with Gasteiger partial charge in [0.05, 0.1) is 0 Å². The van der Waals surface area contributed by atoms with Gasteiger partial charge in [-0.3, -0.25) is 4.98 Å². The Morgan fingerprint density at radius 3 is 2.85 bits per heavy atom.